The van der Waals surface area contributed by atoms with Gasteiger partial charge in [-0.3, -0.25) is 9.59 Å². The van der Waals surface area contributed by atoms with Crippen LogP contribution in [0.15, 0.2) is 48.6 Å². The maximum absolute atomic E-state index is 12.8. The number of benzene rings is 1. The lowest BCUT2D eigenvalue weighted by molar-refractivity contribution is -0.144. The largest absolute Gasteiger partial charge is 0.491 e. The summed E-state index contributed by atoms with van der Waals surface area (Å²) in [6.07, 6.45) is 2.24. The number of aliphatic hydroxyl groups excluding tert-OH is 3. The number of rotatable bonds is 16. The lowest BCUT2D eigenvalue weighted by Crippen LogP contribution is -2.27. The van der Waals surface area contributed by atoms with Gasteiger partial charge in [0.05, 0.1) is 17.8 Å². The molecule has 0 aromatic heterocycles. The van der Waals surface area contributed by atoms with Crippen molar-refractivity contribution in [3.63, 3.8) is 0 Å². The number of likely N-dealkylation sites (N-methyl/N-ethyl adjacent to an activating group) is 1. The number of alkyl halides is 3. The fraction of sp³-hybridized carbons (Fsp3) is 0.613. The molecule has 0 heterocycles. The number of carbonyl (C=O) groups excluding carboxylic acids is 1. The van der Waals surface area contributed by atoms with Crippen LogP contribution >= 0.6 is 0 Å². The van der Waals surface area contributed by atoms with Crippen LogP contribution in [0.3, 0.4) is 0 Å². The third-order valence-corrected chi connectivity index (χ3v) is 6.95. The lowest BCUT2D eigenvalue weighted by Gasteiger charge is -2.19. The van der Waals surface area contributed by atoms with E-state index in [0.29, 0.717) is 32.3 Å². The Labute approximate surface area is 251 Å². The van der Waals surface area contributed by atoms with Crippen molar-refractivity contribution in [1.82, 2.24) is 4.90 Å². The number of allylic oxidation sites excluding steroid dienone is 2. The third-order valence-electron chi connectivity index (χ3n) is 6.95. The Morgan fingerprint density at radius 1 is 1.14 bits per heavy atom. The Kier molecular flexibility index (Phi) is 17.8. The number of aliphatic carboxylic acids is 1. The molecule has 1 aliphatic rings. The van der Waals surface area contributed by atoms with E-state index in [-0.39, 0.29) is 30.7 Å². The van der Waals surface area contributed by atoms with Gasteiger partial charge in [-0.05, 0) is 56.5 Å². The molecule has 1 aromatic carbocycles. The average molecular weight is 618 g/mol. The summed E-state index contributed by atoms with van der Waals surface area (Å²) in [6.45, 7) is 7.90. The standard InChI is InChI=1S/C29H42F3NO6.C2H4O2/c1-3-33(4-2)16-17-38-28(37)13-8-6-5-7-12-24-25(27(36)19-26(24)35)15-14-22(34)20-39-23-11-9-10-21(18-23)29(30,31)32;1-2(3)4/h5,7,9-11,14-15,18,22,24-27,34-36H,3-4,6,8,12-13,16-17,19-20H2,1-2H3;1H3,(H,3,4). The highest BCUT2D eigenvalue weighted by molar-refractivity contribution is 5.69. The number of carbonyl (C=O) groups is 2. The van der Waals surface area contributed by atoms with Crippen LogP contribution in [0.2, 0.25) is 0 Å². The van der Waals surface area contributed by atoms with E-state index in [2.05, 4.69) is 18.7 Å². The summed E-state index contributed by atoms with van der Waals surface area (Å²) < 4.78 is 49.1. The number of carboxylic acid groups (broad SMARTS) is 1. The molecule has 2 rings (SSSR count). The van der Waals surface area contributed by atoms with E-state index in [9.17, 15) is 33.3 Å². The molecule has 5 unspecified atom stereocenters. The number of esters is 1. The van der Waals surface area contributed by atoms with Crippen molar-refractivity contribution in [2.45, 2.75) is 77.4 Å². The van der Waals surface area contributed by atoms with E-state index in [0.717, 1.165) is 38.7 Å². The van der Waals surface area contributed by atoms with Gasteiger partial charge >= 0.3 is 12.1 Å². The number of unbranched alkanes of at least 4 members (excludes halogenated alkanes) is 1. The summed E-state index contributed by atoms with van der Waals surface area (Å²) in [6, 6.07) is 4.41. The van der Waals surface area contributed by atoms with E-state index in [1.54, 1.807) is 6.08 Å². The van der Waals surface area contributed by atoms with Gasteiger partial charge in [-0.2, -0.15) is 13.2 Å². The Balaban J connectivity index is 0.00000217. The minimum atomic E-state index is -4.49. The SMILES string of the molecule is CC(=O)O.CCN(CC)CCOC(=O)CCCC=CCC1C(O)CC(O)C1C=CC(O)COc1cccc(C(F)(F)F)c1. The maximum Gasteiger partial charge on any atom is 0.416 e. The molecular formula is C31H46F3NO8. The third kappa shape index (κ3) is 15.9. The molecule has 0 radical (unpaired) electrons. The van der Waals surface area contributed by atoms with Gasteiger partial charge < -0.3 is 34.8 Å². The number of hydrogen-bond donors (Lipinski definition) is 4. The number of halogens is 3. The molecule has 12 heteroatoms. The first kappa shape index (κ1) is 38.1. The zero-order chi connectivity index (χ0) is 32.4. The van der Waals surface area contributed by atoms with Gasteiger partial charge in [0, 0.05) is 32.2 Å². The summed E-state index contributed by atoms with van der Waals surface area (Å²) >= 11 is 0. The van der Waals surface area contributed by atoms with Gasteiger partial charge in [0.15, 0.2) is 0 Å². The van der Waals surface area contributed by atoms with Crippen molar-refractivity contribution >= 4 is 11.9 Å². The molecular weight excluding hydrogens is 571 g/mol. The topological polar surface area (TPSA) is 137 Å². The van der Waals surface area contributed by atoms with Crippen molar-refractivity contribution in [1.29, 1.82) is 0 Å². The number of ether oxygens (including phenoxy) is 2. The summed E-state index contributed by atoms with van der Waals surface area (Å²) in [5.74, 6) is -1.71. The van der Waals surface area contributed by atoms with Crippen LogP contribution in [0.25, 0.3) is 0 Å². The van der Waals surface area contributed by atoms with Crippen molar-refractivity contribution in [3.05, 3.63) is 54.1 Å². The molecule has 0 aliphatic heterocycles. The molecule has 1 saturated carbocycles. The Morgan fingerprint density at radius 3 is 2.44 bits per heavy atom. The molecule has 1 aliphatic carbocycles. The van der Waals surface area contributed by atoms with Gasteiger partial charge in [-0.25, -0.2) is 0 Å². The molecule has 1 aromatic rings. The van der Waals surface area contributed by atoms with Gasteiger partial charge in [-0.1, -0.05) is 44.2 Å². The van der Waals surface area contributed by atoms with Gasteiger partial charge in [0.25, 0.3) is 5.97 Å². The molecule has 1 fully saturated rings. The van der Waals surface area contributed by atoms with Crippen LogP contribution in [-0.4, -0.2) is 88.4 Å². The smallest absolute Gasteiger partial charge is 0.416 e. The highest BCUT2D eigenvalue weighted by Crippen LogP contribution is 2.36. The first-order valence-corrected chi connectivity index (χ1v) is 14.5. The van der Waals surface area contributed by atoms with Crippen molar-refractivity contribution < 1.29 is 52.7 Å². The molecule has 0 spiro atoms. The Morgan fingerprint density at radius 2 is 1.81 bits per heavy atom. The zero-order valence-corrected chi connectivity index (χ0v) is 25.1. The minimum Gasteiger partial charge on any atom is -0.491 e. The number of nitrogens with zero attached hydrogens (tertiary/aromatic N) is 1. The van der Waals surface area contributed by atoms with Crippen LogP contribution in [0.5, 0.6) is 5.75 Å². The van der Waals surface area contributed by atoms with Crippen molar-refractivity contribution in [3.8, 4) is 5.75 Å². The van der Waals surface area contributed by atoms with Crippen LogP contribution in [0.4, 0.5) is 13.2 Å². The Bertz CT molecular complexity index is 1010. The molecule has 0 saturated heterocycles. The van der Waals surface area contributed by atoms with Crippen LogP contribution in [0.1, 0.15) is 58.4 Å². The molecule has 0 amide bonds. The van der Waals surface area contributed by atoms with E-state index < -0.39 is 41.9 Å². The predicted molar refractivity (Wildman–Crippen MR) is 155 cm³/mol. The zero-order valence-electron chi connectivity index (χ0n) is 25.1. The molecule has 43 heavy (non-hydrogen) atoms. The van der Waals surface area contributed by atoms with E-state index in [1.807, 2.05) is 12.2 Å². The lowest BCUT2D eigenvalue weighted by atomic mass is 9.89. The Hall–Kier alpha value is -2.93. The first-order chi connectivity index (χ1) is 20.3. The monoisotopic (exact) mass is 617 g/mol. The van der Waals surface area contributed by atoms with Gasteiger partial charge in [0.1, 0.15) is 25.1 Å². The fourth-order valence-corrected chi connectivity index (χ4v) is 4.60. The quantitative estimate of drug-likeness (QED) is 0.120. The molecule has 5 atom stereocenters. The summed E-state index contributed by atoms with van der Waals surface area (Å²) in [5, 5.41) is 38.4. The second-order valence-electron chi connectivity index (χ2n) is 10.3. The van der Waals surface area contributed by atoms with Gasteiger partial charge in [0.2, 0.25) is 0 Å². The molecule has 9 nitrogen and oxygen atoms in total. The number of hydrogen-bond acceptors (Lipinski definition) is 8. The van der Waals surface area contributed by atoms with Crippen LogP contribution < -0.4 is 4.74 Å². The van der Waals surface area contributed by atoms with Crippen molar-refractivity contribution in [2.24, 2.45) is 11.8 Å². The highest BCUT2D eigenvalue weighted by Gasteiger charge is 2.39. The molecule has 0 bridgehead atoms. The second kappa shape index (κ2) is 20.1. The summed E-state index contributed by atoms with van der Waals surface area (Å²) in [4.78, 5) is 23.0. The normalized spacial score (nSPS) is 21.2. The number of carboxylic acids is 1. The predicted octanol–water partition coefficient (Wildman–Crippen LogP) is 4.45. The maximum atomic E-state index is 12.8. The summed E-state index contributed by atoms with van der Waals surface area (Å²) in [5.41, 5.74) is -0.838. The minimum absolute atomic E-state index is 0.00972. The van der Waals surface area contributed by atoms with E-state index in [1.165, 1.54) is 18.2 Å². The van der Waals surface area contributed by atoms with Gasteiger partial charge in [-0.15, -0.1) is 0 Å². The van der Waals surface area contributed by atoms with Crippen LogP contribution in [0, 0.1) is 11.8 Å². The fourth-order valence-electron chi connectivity index (χ4n) is 4.60. The second-order valence-corrected chi connectivity index (χ2v) is 10.3. The molecule has 4 N–H and O–H groups in total. The van der Waals surface area contributed by atoms with E-state index in [4.69, 9.17) is 19.4 Å². The van der Waals surface area contributed by atoms with Crippen molar-refractivity contribution in [2.75, 3.05) is 32.8 Å². The molecule has 244 valence electrons. The summed E-state index contributed by atoms with van der Waals surface area (Å²) in [7, 11) is 0. The highest BCUT2D eigenvalue weighted by atomic mass is 19.4. The number of aliphatic hydroxyl groups is 3. The van der Waals surface area contributed by atoms with E-state index >= 15 is 0 Å². The average Bonchev–Trinajstić information content (AvgIpc) is 3.21. The first-order valence-electron chi connectivity index (χ1n) is 14.5. The van der Waals surface area contributed by atoms with Crippen LogP contribution in [-0.2, 0) is 20.5 Å².